The highest BCUT2D eigenvalue weighted by atomic mass is 15.3. The van der Waals surface area contributed by atoms with Gasteiger partial charge in [-0.1, -0.05) is 36.2 Å². The average Bonchev–Trinajstić information content (AvgIpc) is 2.40. The Balaban J connectivity index is 2.11. The summed E-state index contributed by atoms with van der Waals surface area (Å²) in [4.78, 5) is 5.06. The van der Waals surface area contributed by atoms with Gasteiger partial charge in [0.05, 0.1) is 0 Å². The number of rotatable bonds is 5. The lowest BCUT2D eigenvalue weighted by molar-refractivity contribution is 0.0906. The van der Waals surface area contributed by atoms with E-state index in [-0.39, 0.29) is 0 Å². The quantitative estimate of drug-likeness (QED) is 0.899. The van der Waals surface area contributed by atoms with Crippen LogP contribution in [-0.4, -0.2) is 55.6 Å². The minimum Gasteiger partial charge on any atom is -0.309 e. The van der Waals surface area contributed by atoms with Crippen molar-refractivity contribution in [1.29, 1.82) is 0 Å². The van der Waals surface area contributed by atoms with Crippen molar-refractivity contribution >= 4 is 0 Å². The molecular weight excluding hydrogens is 258 g/mol. The van der Waals surface area contributed by atoms with Gasteiger partial charge in [-0.25, -0.2) is 0 Å². The van der Waals surface area contributed by atoms with Crippen LogP contribution < -0.4 is 5.32 Å². The van der Waals surface area contributed by atoms with Crippen molar-refractivity contribution in [2.24, 2.45) is 0 Å². The maximum absolute atomic E-state index is 3.68. The monoisotopic (exact) mass is 289 g/mol. The van der Waals surface area contributed by atoms with Crippen molar-refractivity contribution in [3.05, 3.63) is 34.9 Å². The second-order valence-corrected chi connectivity index (χ2v) is 6.64. The van der Waals surface area contributed by atoms with E-state index in [0.29, 0.717) is 12.1 Å². The maximum Gasteiger partial charge on any atom is 0.0449 e. The van der Waals surface area contributed by atoms with Gasteiger partial charge in [-0.2, -0.15) is 0 Å². The Morgan fingerprint density at radius 2 is 1.86 bits per heavy atom. The first-order valence-electron chi connectivity index (χ1n) is 8.23. The van der Waals surface area contributed by atoms with Crippen molar-refractivity contribution in [1.82, 2.24) is 15.1 Å². The van der Waals surface area contributed by atoms with Crippen LogP contribution in [0.15, 0.2) is 18.2 Å². The lowest BCUT2D eigenvalue weighted by Gasteiger charge is -2.40. The Morgan fingerprint density at radius 1 is 1.19 bits per heavy atom. The highest BCUT2D eigenvalue weighted by Gasteiger charge is 2.24. The fourth-order valence-electron chi connectivity index (χ4n) is 3.43. The Morgan fingerprint density at radius 3 is 2.43 bits per heavy atom. The summed E-state index contributed by atoms with van der Waals surface area (Å²) in [6.45, 7) is 14.6. The first-order chi connectivity index (χ1) is 9.99. The molecule has 2 unspecified atom stereocenters. The molecule has 1 saturated heterocycles. The Bertz CT molecular complexity index is 438. The summed E-state index contributed by atoms with van der Waals surface area (Å²) < 4.78 is 0. The molecule has 1 heterocycles. The molecule has 2 atom stereocenters. The minimum atomic E-state index is 0.430. The van der Waals surface area contributed by atoms with Gasteiger partial charge in [0.15, 0.2) is 0 Å². The van der Waals surface area contributed by atoms with E-state index < -0.39 is 0 Å². The fourth-order valence-corrected chi connectivity index (χ4v) is 3.43. The van der Waals surface area contributed by atoms with Gasteiger partial charge < -0.3 is 10.2 Å². The third-order valence-electron chi connectivity index (χ3n) is 4.48. The second kappa shape index (κ2) is 7.39. The fraction of sp³-hybridized carbons (Fsp3) is 0.667. The molecule has 1 aliphatic rings. The Kier molecular flexibility index (Phi) is 5.80. The molecule has 0 bridgehead atoms. The van der Waals surface area contributed by atoms with E-state index in [4.69, 9.17) is 0 Å². The standard InChI is InChI=1S/C18H31N3/c1-6-19-18(17-10-14(2)9-15(3)11-17)13-21-8-7-20(5)12-16(21)4/h9-11,16,18-19H,6-8,12-13H2,1-5H3. The minimum absolute atomic E-state index is 0.430. The molecule has 1 fully saturated rings. The van der Waals surface area contributed by atoms with Crippen LogP contribution in [0.25, 0.3) is 0 Å². The van der Waals surface area contributed by atoms with E-state index >= 15 is 0 Å². The van der Waals surface area contributed by atoms with Crippen molar-refractivity contribution in [2.75, 3.05) is 39.8 Å². The molecule has 0 saturated carbocycles. The molecule has 1 aromatic rings. The van der Waals surface area contributed by atoms with Gasteiger partial charge in [0, 0.05) is 38.3 Å². The zero-order valence-electron chi connectivity index (χ0n) is 14.3. The number of nitrogens with one attached hydrogen (secondary N) is 1. The van der Waals surface area contributed by atoms with Gasteiger partial charge in [0.2, 0.25) is 0 Å². The summed E-state index contributed by atoms with van der Waals surface area (Å²) in [6, 6.07) is 7.99. The average molecular weight is 289 g/mol. The first kappa shape index (κ1) is 16.5. The van der Waals surface area contributed by atoms with Crippen LogP contribution in [-0.2, 0) is 0 Å². The van der Waals surface area contributed by atoms with Gasteiger partial charge in [0.1, 0.15) is 0 Å². The van der Waals surface area contributed by atoms with E-state index in [2.05, 4.69) is 68.1 Å². The summed E-state index contributed by atoms with van der Waals surface area (Å²) in [7, 11) is 2.22. The van der Waals surface area contributed by atoms with Crippen LogP contribution in [0.1, 0.15) is 36.6 Å². The van der Waals surface area contributed by atoms with Gasteiger partial charge in [-0.15, -0.1) is 0 Å². The van der Waals surface area contributed by atoms with Crippen molar-refractivity contribution in [3.63, 3.8) is 0 Å². The number of benzene rings is 1. The summed E-state index contributed by atoms with van der Waals surface area (Å²) in [5.41, 5.74) is 4.15. The molecule has 21 heavy (non-hydrogen) atoms. The number of hydrogen-bond acceptors (Lipinski definition) is 3. The summed E-state index contributed by atoms with van der Waals surface area (Å²) in [5.74, 6) is 0. The third kappa shape index (κ3) is 4.53. The predicted molar refractivity (Wildman–Crippen MR) is 90.9 cm³/mol. The van der Waals surface area contributed by atoms with Gasteiger partial charge in [-0.05, 0) is 39.9 Å². The molecule has 0 aliphatic carbocycles. The van der Waals surface area contributed by atoms with E-state index in [1.54, 1.807) is 0 Å². The SMILES string of the molecule is CCNC(CN1CCN(C)CC1C)c1cc(C)cc(C)c1. The number of hydrogen-bond donors (Lipinski definition) is 1. The molecule has 118 valence electrons. The molecular formula is C18H31N3. The number of aryl methyl sites for hydroxylation is 2. The van der Waals surface area contributed by atoms with Gasteiger partial charge >= 0.3 is 0 Å². The summed E-state index contributed by atoms with van der Waals surface area (Å²) in [6.07, 6.45) is 0. The first-order valence-corrected chi connectivity index (χ1v) is 8.23. The van der Waals surface area contributed by atoms with E-state index in [1.165, 1.54) is 36.3 Å². The molecule has 1 aliphatic heterocycles. The molecule has 1 N–H and O–H groups in total. The molecule has 1 aromatic carbocycles. The molecule has 3 nitrogen and oxygen atoms in total. The van der Waals surface area contributed by atoms with Crippen LogP contribution in [0.3, 0.4) is 0 Å². The topological polar surface area (TPSA) is 18.5 Å². The lowest BCUT2D eigenvalue weighted by Crippen LogP contribution is -2.52. The summed E-state index contributed by atoms with van der Waals surface area (Å²) >= 11 is 0. The van der Waals surface area contributed by atoms with Crippen LogP contribution >= 0.6 is 0 Å². The highest BCUT2D eigenvalue weighted by Crippen LogP contribution is 2.20. The molecule has 3 heteroatoms. The molecule has 0 amide bonds. The number of likely N-dealkylation sites (N-methyl/N-ethyl adjacent to an activating group) is 2. The van der Waals surface area contributed by atoms with Crippen molar-refractivity contribution in [2.45, 2.75) is 39.8 Å². The van der Waals surface area contributed by atoms with Crippen LogP contribution in [0.5, 0.6) is 0 Å². The van der Waals surface area contributed by atoms with E-state index in [1.807, 2.05) is 0 Å². The van der Waals surface area contributed by atoms with Crippen molar-refractivity contribution < 1.29 is 0 Å². The Hall–Kier alpha value is -0.900. The van der Waals surface area contributed by atoms with Crippen LogP contribution in [0.2, 0.25) is 0 Å². The largest absolute Gasteiger partial charge is 0.309 e. The van der Waals surface area contributed by atoms with Gasteiger partial charge in [-0.3, -0.25) is 4.90 Å². The Labute approximate surface area is 130 Å². The van der Waals surface area contributed by atoms with E-state index in [0.717, 1.165) is 13.1 Å². The lowest BCUT2D eigenvalue weighted by atomic mass is 10.00. The zero-order valence-corrected chi connectivity index (χ0v) is 14.3. The number of nitrogens with zero attached hydrogens (tertiary/aromatic N) is 2. The van der Waals surface area contributed by atoms with Crippen LogP contribution in [0.4, 0.5) is 0 Å². The third-order valence-corrected chi connectivity index (χ3v) is 4.48. The molecule has 0 aromatic heterocycles. The molecule has 2 rings (SSSR count). The number of piperazine rings is 1. The smallest absolute Gasteiger partial charge is 0.0449 e. The molecule has 0 radical (unpaired) electrons. The van der Waals surface area contributed by atoms with Gasteiger partial charge in [0.25, 0.3) is 0 Å². The highest BCUT2D eigenvalue weighted by molar-refractivity contribution is 5.31. The maximum atomic E-state index is 3.68. The van der Waals surface area contributed by atoms with E-state index in [9.17, 15) is 0 Å². The second-order valence-electron chi connectivity index (χ2n) is 6.64. The van der Waals surface area contributed by atoms with Crippen molar-refractivity contribution in [3.8, 4) is 0 Å². The summed E-state index contributed by atoms with van der Waals surface area (Å²) in [5, 5.41) is 3.68. The normalized spacial score (nSPS) is 22.4. The zero-order chi connectivity index (χ0) is 15.4. The molecule has 0 spiro atoms. The van der Waals surface area contributed by atoms with Crippen LogP contribution in [0, 0.1) is 13.8 Å². The predicted octanol–water partition coefficient (Wildman–Crippen LogP) is 2.59.